The fourth-order valence-electron chi connectivity index (χ4n) is 3.69. The lowest BCUT2D eigenvalue weighted by Gasteiger charge is -2.33. The van der Waals surface area contributed by atoms with Gasteiger partial charge in [0.05, 0.1) is 6.42 Å². The van der Waals surface area contributed by atoms with Gasteiger partial charge in [0.15, 0.2) is 0 Å². The second kappa shape index (κ2) is 11.4. The van der Waals surface area contributed by atoms with E-state index in [0.717, 1.165) is 25.9 Å². The van der Waals surface area contributed by atoms with Gasteiger partial charge < -0.3 is 20.3 Å². The smallest absolute Gasteiger partial charge is 0.307 e. The van der Waals surface area contributed by atoms with Crippen LogP contribution >= 0.6 is 11.6 Å². The van der Waals surface area contributed by atoms with Crippen LogP contribution in [0.4, 0.5) is 4.39 Å². The van der Waals surface area contributed by atoms with Crippen LogP contribution in [0.15, 0.2) is 42.5 Å². The van der Waals surface area contributed by atoms with Gasteiger partial charge in [0.25, 0.3) is 0 Å². The van der Waals surface area contributed by atoms with E-state index >= 15 is 0 Å². The van der Waals surface area contributed by atoms with E-state index in [1.54, 1.807) is 36.4 Å². The number of aliphatic hydroxyl groups excluding tert-OH is 1. The van der Waals surface area contributed by atoms with Crippen LogP contribution in [0.25, 0.3) is 0 Å². The quantitative estimate of drug-likeness (QED) is 0.516. The van der Waals surface area contributed by atoms with Crippen LogP contribution < -0.4 is 10.1 Å². The van der Waals surface area contributed by atoms with Crippen molar-refractivity contribution in [3.63, 3.8) is 0 Å². The van der Waals surface area contributed by atoms with Gasteiger partial charge in [-0.15, -0.1) is 0 Å². The van der Waals surface area contributed by atoms with Crippen LogP contribution in [0.3, 0.4) is 0 Å². The van der Waals surface area contributed by atoms with Crippen molar-refractivity contribution < 1.29 is 24.1 Å². The van der Waals surface area contributed by atoms with Gasteiger partial charge >= 0.3 is 5.97 Å². The molecule has 8 heteroatoms. The molecule has 3 rings (SSSR count). The lowest BCUT2D eigenvalue weighted by molar-refractivity contribution is -0.136. The summed E-state index contributed by atoms with van der Waals surface area (Å²) in [5.74, 6) is -0.726. The highest BCUT2D eigenvalue weighted by Crippen LogP contribution is 2.20. The standard InChI is InChI=1S/C23H28ClFN2O4/c24-18-6-5-17(21(25)12-18)14-27-9-7-19(8-10-27)26-13-20(28)15-31-22-4-2-1-3-16(22)11-23(29)30/h1-6,12,19-20,26,28H,7-11,13-15H2,(H,29,30)/t20-/m0/s1. The van der Waals surface area contributed by atoms with E-state index < -0.39 is 12.1 Å². The minimum atomic E-state index is -0.927. The molecule has 0 bridgehead atoms. The molecule has 0 unspecified atom stereocenters. The Morgan fingerprint density at radius 2 is 1.97 bits per heavy atom. The number of halogens is 2. The van der Waals surface area contributed by atoms with Gasteiger partial charge in [-0.25, -0.2) is 4.39 Å². The second-order valence-corrected chi connectivity index (χ2v) is 8.27. The number of hydrogen-bond acceptors (Lipinski definition) is 5. The SMILES string of the molecule is O=C(O)Cc1ccccc1OC[C@@H](O)CNC1CCN(Cc2ccc(Cl)cc2F)CC1. The number of carboxylic acids is 1. The normalized spacial score (nSPS) is 16.2. The molecule has 1 aliphatic heterocycles. The average Bonchev–Trinajstić information content (AvgIpc) is 2.74. The van der Waals surface area contributed by atoms with Gasteiger partial charge in [0.2, 0.25) is 0 Å². The van der Waals surface area contributed by atoms with Crippen LogP contribution in [-0.2, 0) is 17.8 Å². The molecule has 1 fully saturated rings. The molecule has 2 aromatic carbocycles. The van der Waals surface area contributed by atoms with Crippen molar-refractivity contribution >= 4 is 17.6 Å². The summed E-state index contributed by atoms with van der Waals surface area (Å²) in [5, 5.41) is 23.0. The van der Waals surface area contributed by atoms with Crippen molar-refractivity contribution in [3.8, 4) is 5.75 Å². The van der Waals surface area contributed by atoms with Crippen LogP contribution in [0.5, 0.6) is 5.75 Å². The Balaban J connectivity index is 1.37. The third-order valence-electron chi connectivity index (χ3n) is 5.38. The number of carboxylic acid groups (broad SMARTS) is 1. The molecule has 1 saturated heterocycles. The lowest BCUT2D eigenvalue weighted by atomic mass is 10.0. The van der Waals surface area contributed by atoms with Crippen LogP contribution in [0.2, 0.25) is 5.02 Å². The molecule has 31 heavy (non-hydrogen) atoms. The number of piperidine rings is 1. The van der Waals surface area contributed by atoms with Crippen molar-refractivity contribution in [2.75, 3.05) is 26.2 Å². The number of benzene rings is 2. The van der Waals surface area contributed by atoms with Crippen LogP contribution in [0.1, 0.15) is 24.0 Å². The lowest BCUT2D eigenvalue weighted by Crippen LogP contribution is -2.45. The number of ether oxygens (including phenoxy) is 1. The monoisotopic (exact) mass is 450 g/mol. The van der Waals surface area contributed by atoms with Crippen LogP contribution in [0, 0.1) is 5.82 Å². The zero-order valence-electron chi connectivity index (χ0n) is 17.3. The van der Waals surface area contributed by atoms with E-state index in [9.17, 15) is 14.3 Å². The largest absolute Gasteiger partial charge is 0.491 e. The summed E-state index contributed by atoms with van der Waals surface area (Å²) in [6, 6.07) is 12.0. The minimum Gasteiger partial charge on any atom is -0.491 e. The van der Waals surface area contributed by atoms with Gasteiger partial charge in [-0.05, 0) is 44.1 Å². The van der Waals surface area contributed by atoms with Crippen molar-refractivity contribution in [3.05, 3.63) is 64.4 Å². The first kappa shape index (κ1) is 23.5. The number of para-hydroxylation sites is 1. The average molecular weight is 451 g/mol. The number of rotatable bonds is 10. The molecule has 1 atom stereocenters. The molecule has 0 aliphatic carbocycles. The topological polar surface area (TPSA) is 82.0 Å². The first-order valence-corrected chi connectivity index (χ1v) is 10.8. The summed E-state index contributed by atoms with van der Waals surface area (Å²) in [6.45, 7) is 2.71. The predicted molar refractivity (Wildman–Crippen MR) is 117 cm³/mol. The highest BCUT2D eigenvalue weighted by molar-refractivity contribution is 6.30. The number of hydrogen-bond donors (Lipinski definition) is 3. The van der Waals surface area contributed by atoms with E-state index in [2.05, 4.69) is 10.2 Å². The summed E-state index contributed by atoms with van der Waals surface area (Å²) >= 11 is 5.81. The molecular formula is C23H28ClFN2O4. The zero-order valence-corrected chi connectivity index (χ0v) is 18.0. The number of nitrogens with zero attached hydrogens (tertiary/aromatic N) is 1. The first-order chi connectivity index (χ1) is 14.9. The summed E-state index contributed by atoms with van der Waals surface area (Å²) in [6.07, 6.45) is 0.983. The maximum absolute atomic E-state index is 14.0. The summed E-state index contributed by atoms with van der Waals surface area (Å²) in [4.78, 5) is 13.2. The molecule has 0 radical (unpaired) electrons. The fourth-order valence-corrected chi connectivity index (χ4v) is 3.85. The second-order valence-electron chi connectivity index (χ2n) is 7.84. The molecule has 6 nitrogen and oxygen atoms in total. The zero-order chi connectivity index (χ0) is 22.2. The fraction of sp³-hybridized carbons (Fsp3) is 0.435. The Labute approximate surface area is 186 Å². The molecule has 0 amide bonds. The van der Waals surface area contributed by atoms with E-state index in [0.29, 0.717) is 35.0 Å². The summed E-state index contributed by atoms with van der Waals surface area (Å²) < 4.78 is 19.6. The number of aliphatic hydroxyl groups is 1. The Morgan fingerprint density at radius 3 is 2.68 bits per heavy atom. The summed E-state index contributed by atoms with van der Waals surface area (Å²) in [7, 11) is 0. The van der Waals surface area contributed by atoms with Gasteiger partial charge in [0.1, 0.15) is 24.3 Å². The third kappa shape index (κ3) is 7.47. The number of carbonyl (C=O) groups is 1. The Kier molecular flexibility index (Phi) is 8.66. The van der Waals surface area contributed by atoms with Crippen molar-refractivity contribution in [1.29, 1.82) is 0 Å². The minimum absolute atomic E-state index is 0.0817. The number of nitrogens with one attached hydrogen (secondary N) is 1. The van der Waals surface area contributed by atoms with Crippen molar-refractivity contribution in [2.24, 2.45) is 0 Å². The maximum atomic E-state index is 14.0. The summed E-state index contributed by atoms with van der Waals surface area (Å²) in [5.41, 5.74) is 1.23. The van der Waals surface area contributed by atoms with Gasteiger partial charge in [-0.3, -0.25) is 9.69 Å². The Morgan fingerprint density at radius 1 is 1.23 bits per heavy atom. The van der Waals surface area contributed by atoms with E-state index in [1.807, 2.05) is 0 Å². The van der Waals surface area contributed by atoms with Gasteiger partial charge in [-0.1, -0.05) is 35.9 Å². The number of aliphatic carboxylic acids is 1. The molecule has 2 aromatic rings. The van der Waals surface area contributed by atoms with E-state index in [4.69, 9.17) is 21.4 Å². The molecule has 1 aliphatic rings. The predicted octanol–water partition coefficient (Wildman–Crippen LogP) is 3.10. The molecular weight excluding hydrogens is 423 g/mol. The Bertz CT molecular complexity index is 874. The van der Waals surface area contributed by atoms with Gasteiger partial charge in [-0.2, -0.15) is 0 Å². The van der Waals surface area contributed by atoms with Crippen molar-refractivity contribution in [2.45, 2.75) is 38.0 Å². The molecule has 0 spiro atoms. The van der Waals surface area contributed by atoms with E-state index in [-0.39, 0.29) is 24.9 Å². The van der Waals surface area contributed by atoms with Crippen molar-refractivity contribution in [1.82, 2.24) is 10.2 Å². The van der Waals surface area contributed by atoms with Crippen LogP contribution in [-0.4, -0.2) is 59.5 Å². The van der Waals surface area contributed by atoms with E-state index in [1.165, 1.54) is 6.07 Å². The first-order valence-electron chi connectivity index (χ1n) is 10.4. The Hall–Kier alpha value is -2.19. The molecule has 168 valence electrons. The molecule has 3 N–H and O–H groups in total. The molecule has 0 saturated carbocycles. The highest BCUT2D eigenvalue weighted by Gasteiger charge is 2.21. The highest BCUT2D eigenvalue weighted by atomic mass is 35.5. The third-order valence-corrected chi connectivity index (χ3v) is 5.62. The van der Waals surface area contributed by atoms with Gasteiger partial charge in [0, 0.05) is 35.3 Å². The maximum Gasteiger partial charge on any atom is 0.307 e. The molecule has 0 aromatic heterocycles. The number of likely N-dealkylation sites (tertiary alicyclic amines) is 1. The molecule has 1 heterocycles.